The summed E-state index contributed by atoms with van der Waals surface area (Å²) in [5.74, 6) is -0.911. The van der Waals surface area contributed by atoms with Crippen molar-refractivity contribution in [3.8, 4) is 16.3 Å². The van der Waals surface area contributed by atoms with Gasteiger partial charge < -0.3 is 10.1 Å². The lowest BCUT2D eigenvalue weighted by Crippen LogP contribution is -2.22. The van der Waals surface area contributed by atoms with Gasteiger partial charge in [-0.3, -0.25) is 4.79 Å². The predicted molar refractivity (Wildman–Crippen MR) is 101 cm³/mol. The fourth-order valence-electron chi connectivity index (χ4n) is 2.60. The SMILES string of the molecule is CCNC(=O)c1csc(-c2ccc(OCc3ccccc3C(F)(F)F)cc2F)n1. The average molecular weight is 424 g/mol. The highest BCUT2D eigenvalue weighted by atomic mass is 32.1. The largest absolute Gasteiger partial charge is 0.489 e. The number of carbonyl (C=O) groups is 1. The first kappa shape index (κ1) is 20.8. The van der Waals surface area contributed by atoms with E-state index < -0.39 is 17.6 Å². The lowest BCUT2D eigenvalue weighted by molar-refractivity contribution is -0.138. The molecule has 9 heteroatoms. The van der Waals surface area contributed by atoms with Crippen molar-refractivity contribution >= 4 is 17.2 Å². The summed E-state index contributed by atoms with van der Waals surface area (Å²) in [6.07, 6.45) is -4.50. The number of benzene rings is 2. The minimum absolute atomic E-state index is 0.0454. The molecule has 1 amide bonds. The van der Waals surface area contributed by atoms with E-state index in [1.165, 1.54) is 35.7 Å². The Balaban J connectivity index is 1.75. The molecule has 1 heterocycles. The standard InChI is InChI=1S/C20H16F4N2O2S/c1-2-25-18(27)17-11-29-19(26-17)14-8-7-13(9-16(14)21)28-10-12-5-3-4-6-15(12)20(22,23)24/h3-9,11H,2,10H2,1H3,(H,25,27). The van der Waals surface area contributed by atoms with Crippen LogP contribution < -0.4 is 10.1 Å². The Morgan fingerprint density at radius 2 is 1.97 bits per heavy atom. The van der Waals surface area contributed by atoms with E-state index in [-0.39, 0.29) is 35.1 Å². The Bertz CT molecular complexity index is 1020. The molecule has 152 valence electrons. The van der Waals surface area contributed by atoms with Gasteiger partial charge in [-0.2, -0.15) is 13.2 Å². The lowest BCUT2D eigenvalue weighted by Gasteiger charge is -2.13. The number of alkyl halides is 3. The molecular formula is C20H16F4N2O2S. The first-order chi connectivity index (χ1) is 13.8. The topological polar surface area (TPSA) is 51.2 Å². The van der Waals surface area contributed by atoms with E-state index in [9.17, 15) is 22.4 Å². The molecular weight excluding hydrogens is 408 g/mol. The average Bonchev–Trinajstić information content (AvgIpc) is 3.16. The van der Waals surface area contributed by atoms with Crippen LogP contribution in [-0.2, 0) is 12.8 Å². The molecule has 0 fully saturated rings. The quantitative estimate of drug-likeness (QED) is 0.547. The van der Waals surface area contributed by atoms with Gasteiger partial charge >= 0.3 is 6.18 Å². The summed E-state index contributed by atoms with van der Waals surface area (Å²) in [5, 5.41) is 4.45. The maximum absolute atomic E-state index is 14.5. The monoisotopic (exact) mass is 424 g/mol. The molecule has 0 saturated heterocycles. The molecule has 0 aliphatic carbocycles. The van der Waals surface area contributed by atoms with E-state index in [1.54, 1.807) is 6.92 Å². The van der Waals surface area contributed by atoms with Crippen LogP contribution in [0.1, 0.15) is 28.5 Å². The van der Waals surface area contributed by atoms with Crippen molar-refractivity contribution in [3.05, 3.63) is 70.5 Å². The van der Waals surface area contributed by atoms with E-state index >= 15 is 0 Å². The molecule has 3 rings (SSSR count). The van der Waals surface area contributed by atoms with Gasteiger partial charge in [0.25, 0.3) is 5.91 Å². The number of amides is 1. The van der Waals surface area contributed by atoms with E-state index in [0.717, 1.165) is 23.5 Å². The Hall–Kier alpha value is -2.94. The minimum Gasteiger partial charge on any atom is -0.489 e. The molecule has 29 heavy (non-hydrogen) atoms. The second kappa shape index (κ2) is 8.60. The van der Waals surface area contributed by atoms with Crippen LogP contribution in [0.5, 0.6) is 5.75 Å². The van der Waals surface area contributed by atoms with Gasteiger partial charge in [0.05, 0.1) is 5.56 Å². The van der Waals surface area contributed by atoms with Crippen molar-refractivity contribution in [2.45, 2.75) is 19.7 Å². The first-order valence-electron chi connectivity index (χ1n) is 8.61. The number of hydrogen-bond acceptors (Lipinski definition) is 4. The van der Waals surface area contributed by atoms with Crippen LogP contribution in [0.2, 0.25) is 0 Å². The van der Waals surface area contributed by atoms with Crippen molar-refractivity contribution in [1.82, 2.24) is 10.3 Å². The van der Waals surface area contributed by atoms with Crippen LogP contribution in [-0.4, -0.2) is 17.4 Å². The van der Waals surface area contributed by atoms with E-state index in [1.807, 2.05) is 0 Å². The summed E-state index contributed by atoms with van der Waals surface area (Å²) in [7, 11) is 0. The highest BCUT2D eigenvalue weighted by Gasteiger charge is 2.33. The number of carbonyl (C=O) groups excluding carboxylic acids is 1. The van der Waals surface area contributed by atoms with Gasteiger partial charge in [-0.25, -0.2) is 9.37 Å². The van der Waals surface area contributed by atoms with Crippen LogP contribution in [0.15, 0.2) is 47.8 Å². The van der Waals surface area contributed by atoms with Crippen LogP contribution in [0, 0.1) is 5.82 Å². The molecule has 1 aromatic heterocycles. The Morgan fingerprint density at radius 1 is 1.21 bits per heavy atom. The van der Waals surface area contributed by atoms with E-state index in [0.29, 0.717) is 11.6 Å². The molecule has 0 atom stereocenters. The molecule has 1 N–H and O–H groups in total. The van der Waals surface area contributed by atoms with Crippen LogP contribution >= 0.6 is 11.3 Å². The minimum atomic E-state index is -4.50. The third kappa shape index (κ3) is 4.92. The van der Waals surface area contributed by atoms with Gasteiger partial charge in [0.1, 0.15) is 28.9 Å². The summed E-state index contributed by atoms with van der Waals surface area (Å²) < 4.78 is 59.0. The molecule has 0 radical (unpaired) electrons. The molecule has 4 nitrogen and oxygen atoms in total. The van der Waals surface area contributed by atoms with Gasteiger partial charge in [0, 0.05) is 29.1 Å². The second-order valence-electron chi connectivity index (χ2n) is 5.98. The van der Waals surface area contributed by atoms with Crippen molar-refractivity contribution < 1.29 is 27.1 Å². The molecule has 0 spiro atoms. The number of hydrogen-bond donors (Lipinski definition) is 1. The number of rotatable bonds is 6. The molecule has 0 saturated carbocycles. The smallest absolute Gasteiger partial charge is 0.416 e. The maximum atomic E-state index is 14.5. The van der Waals surface area contributed by atoms with Crippen molar-refractivity contribution in [3.63, 3.8) is 0 Å². The molecule has 0 unspecified atom stereocenters. The van der Waals surface area contributed by atoms with Gasteiger partial charge in [0.2, 0.25) is 0 Å². The number of thiazole rings is 1. The maximum Gasteiger partial charge on any atom is 0.416 e. The molecule has 3 aromatic rings. The second-order valence-corrected chi connectivity index (χ2v) is 6.84. The fourth-order valence-corrected chi connectivity index (χ4v) is 3.42. The van der Waals surface area contributed by atoms with Gasteiger partial charge in [-0.05, 0) is 25.1 Å². The van der Waals surface area contributed by atoms with Crippen molar-refractivity contribution in [2.24, 2.45) is 0 Å². The highest BCUT2D eigenvalue weighted by molar-refractivity contribution is 7.13. The van der Waals surface area contributed by atoms with E-state index in [2.05, 4.69) is 10.3 Å². The zero-order valence-corrected chi connectivity index (χ0v) is 16.0. The van der Waals surface area contributed by atoms with Crippen LogP contribution in [0.25, 0.3) is 10.6 Å². The normalized spacial score (nSPS) is 11.3. The third-order valence-electron chi connectivity index (χ3n) is 3.96. The number of nitrogens with zero attached hydrogens (tertiary/aromatic N) is 1. The van der Waals surface area contributed by atoms with Gasteiger partial charge in [0.15, 0.2) is 0 Å². The summed E-state index contributed by atoms with van der Waals surface area (Å²) in [4.78, 5) is 15.9. The predicted octanol–water partition coefficient (Wildman–Crippen LogP) is 5.30. The number of halogens is 4. The molecule has 0 aliphatic heterocycles. The van der Waals surface area contributed by atoms with Crippen LogP contribution in [0.3, 0.4) is 0 Å². The van der Waals surface area contributed by atoms with Crippen LogP contribution in [0.4, 0.5) is 17.6 Å². The lowest BCUT2D eigenvalue weighted by atomic mass is 10.1. The third-order valence-corrected chi connectivity index (χ3v) is 4.84. The molecule has 0 bridgehead atoms. The zero-order chi connectivity index (χ0) is 21.0. The number of nitrogens with one attached hydrogen (secondary N) is 1. The Kier molecular flexibility index (Phi) is 6.17. The Labute approximate surface area is 168 Å². The Morgan fingerprint density at radius 3 is 2.66 bits per heavy atom. The zero-order valence-electron chi connectivity index (χ0n) is 15.2. The number of ether oxygens (including phenoxy) is 1. The van der Waals surface area contributed by atoms with Crippen molar-refractivity contribution in [2.75, 3.05) is 6.54 Å². The summed E-state index contributed by atoms with van der Waals surface area (Å²) in [5.41, 5.74) is -0.474. The molecule has 0 aliphatic rings. The van der Waals surface area contributed by atoms with Gasteiger partial charge in [-0.15, -0.1) is 11.3 Å². The van der Waals surface area contributed by atoms with Gasteiger partial charge in [-0.1, -0.05) is 18.2 Å². The summed E-state index contributed by atoms with van der Waals surface area (Å²) in [6, 6.07) is 9.00. The fraction of sp³-hybridized carbons (Fsp3) is 0.200. The van der Waals surface area contributed by atoms with E-state index in [4.69, 9.17) is 4.74 Å². The summed E-state index contributed by atoms with van der Waals surface area (Å²) in [6.45, 7) is 1.87. The molecule has 2 aromatic carbocycles. The summed E-state index contributed by atoms with van der Waals surface area (Å²) >= 11 is 1.11. The highest BCUT2D eigenvalue weighted by Crippen LogP contribution is 2.33. The number of aromatic nitrogens is 1. The first-order valence-corrected chi connectivity index (χ1v) is 9.49. The van der Waals surface area contributed by atoms with Crippen molar-refractivity contribution in [1.29, 1.82) is 0 Å².